The van der Waals surface area contributed by atoms with Gasteiger partial charge < -0.3 is 9.88 Å². The summed E-state index contributed by atoms with van der Waals surface area (Å²) >= 11 is 7.31. The highest BCUT2D eigenvalue weighted by atomic mass is 35.5. The topological polar surface area (TPSA) is 62.2 Å². The Morgan fingerprint density at radius 2 is 2.38 bits per heavy atom. The summed E-state index contributed by atoms with van der Waals surface area (Å²) in [5.74, 6) is -1.90. The molecular formula is C19H19ClFN5OS2. The quantitative estimate of drug-likeness (QED) is 0.565. The van der Waals surface area contributed by atoms with E-state index in [1.807, 2.05) is 0 Å². The maximum absolute atomic E-state index is 13.5. The molecule has 0 saturated carbocycles. The van der Waals surface area contributed by atoms with Crippen LogP contribution in [0.1, 0.15) is 25.5 Å². The van der Waals surface area contributed by atoms with Crippen molar-refractivity contribution in [1.82, 2.24) is 18.6 Å². The van der Waals surface area contributed by atoms with Crippen molar-refractivity contribution in [3.05, 3.63) is 58.6 Å². The molecule has 1 aliphatic heterocycles. The number of rotatable bonds is 4. The lowest BCUT2D eigenvalue weighted by molar-refractivity contribution is -0.119. The van der Waals surface area contributed by atoms with Gasteiger partial charge in [-0.05, 0) is 43.7 Å². The number of aromatic nitrogens is 2. The first kappa shape index (κ1) is 14.2. The highest BCUT2D eigenvalue weighted by Crippen LogP contribution is 2.37. The molecule has 1 saturated heterocycles. The Morgan fingerprint density at radius 1 is 1.52 bits per heavy atom. The number of benzene rings is 1. The lowest BCUT2D eigenvalue weighted by atomic mass is 10.1. The summed E-state index contributed by atoms with van der Waals surface area (Å²) in [6, 6.07) is 1.83. The van der Waals surface area contributed by atoms with Gasteiger partial charge in [-0.15, -0.1) is 11.3 Å². The van der Waals surface area contributed by atoms with Crippen molar-refractivity contribution in [1.29, 1.82) is 0 Å². The number of imidazole rings is 1. The van der Waals surface area contributed by atoms with Crippen LogP contribution in [0.25, 0.3) is 10.6 Å². The molecule has 0 aliphatic carbocycles. The Morgan fingerprint density at radius 3 is 3.10 bits per heavy atom. The molecule has 3 aromatic rings. The molecule has 1 unspecified atom stereocenters. The molecule has 1 amide bonds. The zero-order valence-electron chi connectivity index (χ0n) is 20.9. The van der Waals surface area contributed by atoms with Crippen molar-refractivity contribution >= 4 is 46.7 Å². The molecule has 2 N–H and O–H groups in total. The van der Waals surface area contributed by atoms with E-state index in [9.17, 15) is 9.18 Å². The maximum atomic E-state index is 13.5. The van der Waals surface area contributed by atoms with Gasteiger partial charge in [-0.25, -0.2) is 18.4 Å². The number of hydrogen-bond acceptors (Lipinski definition) is 6. The van der Waals surface area contributed by atoms with Gasteiger partial charge in [-0.3, -0.25) is 4.79 Å². The van der Waals surface area contributed by atoms with Crippen LogP contribution in [0.5, 0.6) is 0 Å². The van der Waals surface area contributed by atoms with E-state index in [0.717, 1.165) is 23.5 Å². The number of amides is 1. The number of carbonyl (C=O) groups is 1. The molecule has 152 valence electrons. The number of anilines is 1. The summed E-state index contributed by atoms with van der Waals surface area (Å²) in [7, 11) is 1.81. The minimum absolute atomic E-state index is 0.0124. The summed E-state index contributed by atoms with van der Waals surface area (Å²) in [5.41, 5.74) is 0.655. The van der Waals surface area contributed by atoms with Crippen LogP contribution in [0.4, 0.5) is 10.1 Å². The van der Waals surface area contributed by atoms with E-state index < -0.39 is 37.1 Å². The smallest absolute Gasteiger partial charge is 0.242 e. The average Bonchev–Trinajstić information content (AvgIpc) is 3.43. The number of hydrogen-bond donors (Lipinski definition) is 2. The molecule has 1 aromatic carbocycles. The molecule has 0 spiro atoms. The van der Waals surface area contributed by atoms with Crippen LogP contribution in [0.2, 0.25) is 5.02 Å². The van der Waals surface area contributed by atoms with Gasteiger partial charge >= 0.3 is 0 Å². The number of halogens is 2. The monoisotopic (exact) mass is 457 g/mol. The normalized spacial score (nSPS) is 31.1. The number of aryl methyl sites for hydroxylation is 1. The van der Waals surface area contributed by atoms with Crippen LogP contribution < -0.4 is 10.0 Å². The van der Waals surface area contributed by atoms with Crippen molar-refractivity contribution in [2.75, 3.05) is 12.3 Å². The third-order valence-corrected chi connectivity index (χ3v) is 6.11. The van der Waals surface area contributed by atoms with Crippen molar-refractivity contribution < 1.29 is 17.4 Å². The molecule has 3 heterocycles. The van der Waals surface area contributed by atoms with Crippen molar-refractivity contribution in [2.45, 2.75) is 18.4 Å². The molecule has 1 aliphatic rings. The van der Waals surface area contributed by atoms with E-state index >= 15 is 0 Å². The van der Waals surface area contributed by atoms with Gasteiger partial charge in [0.05, 0.1) is 30.7 Å². The van der Waals surface area contributed by atoms with E-state index in [1.165, 1.54) is 6.07 Å². The molecule has 2 aromatic heterocycles. The molecule has 1 fully saturated rings. The fourth-order valence-electron chi connectivity index (χ4n) is 2.58. The van der Waals surface area contributed by atoms with Crippen LogP contribution in [0.15, 0.2) is 42.9 Å². The molecule has 29 heavy (non-hydrogen) atoms. The minimum atomic E-state index is -2.97. The van der Waals surface area contributed by atoms with Crippen LogP contribution in [-0.4, -0.2) is 32.8 Å². The van der Waals surface area contributed by atoms with E-state index in [1.54, 1.807) is 36.3 Å². The number of thiophene rings is 1. The van der Waals surface area contributed by atoms with Crippen LogP contribution in [0.3, 0.4) is 0 Å². The summed E-state index contributed by atoms with van der Waals surface area (Å²) in [6.07, 6.45) is 1.46. The molecule has 0 radical (unpaired) electrons. The summed E-state index contributed by atoms with van der Waals surface area (Å²) in [4.78, 5) is 18.6. The second-order valence-electron chi connectivity index (χ2n) is 6.10. The number of nitrogens with zero attached hydrogens (tertiary/aromatic N) is 3. The SMILES string of the molecule is [2H]C1[C@]([2H])(C(=O)Nc2ccc(F)c(Cl)c2)N(C([2H])([2H])[2H])SN[C@]1([2H])c1ccc(-c2cn(C)cn2)s1. The van der Waals surface area contributed by atoms with E-state index in [2.05, 4.69) is 15.0 Å². The molecular weight excluding hydrogens is 433 g/mol. The lowest BCUT2D eigenvalue weighted by Crippen LogP contribution is -2.45. The Balaban J connectivity index is 1.72. The van der Waals surface area contributed by atoms with Crippen LogP contribution in [-0.2, 0) is 11.8 Å². The van der Waals surface area contributed by atoms with E-state index in [-0.39, 0.29) is 10.7 Å². The highest BCUT2D eigenvalue weighted by Gasteiger charge is 2.33. The number of likely N-dealkylation sites (N-methyl/N-ethyl adjacent to an activating group) is 1. The van der Waals surface area contributed by atoms with Gasteiger partial charge in [0.15, 0.2) is 0 Å². The fourth-order valence-corrected chi connectivity index (χ4v) is 4.35. The van der Waals surface area contributed by atoms with E-state index in [4.69, 9.17) is 19.8 Å². The fraction of sp³-hybridized carbons (Fsp3) is 0.263. The van der Waals surface area contributed by atoms with Crippen molar-refractivity contribution in [2.24, 2.45) is 7.05 Å². The van der Waals surface area contributed by atoms with Gasteiger partial charge in [0.2, 0.25) is 5.91 Å². The predicted molar refractivity (Wildman–Crippen MR) is 116 cm³/mol. The molecule has 0 bridgehead atoms. The molecule has 10 heteroatoms. The average molecular weight is 458 g/mol. The second-order valence-corrected chi connectivity index (χ2v) is 8.35. The summed E-state index contributed by atoms with van der Waals surface area (Å²) in [6.45, 7) is -2.97. The Bertz CT molecular complexity index is 1270. The summed E-state index contributed by atoms with van der Waals surface area (Å²) in [5, 5.41) is 2.07. The number of carbonyl (C=O) groups excluding carboxylic acids is 1. The standard InChI is InChI=1S/C19H19ClFN5OS2/c1-25-9-15(22-10-25)18-6-5-17(28-18)14-8-16(26(2)29-24-14)19(27)23-11-3-4-13(21)12(20)7-11/h3-7,9-10,14,16,24H,8H2,1-2H3,(H,23,27)/t14-,16+/m0/s1/i2D3,8D,14D,16D/t8?,14-,16+. The van der Waals surface area contributed by atoms with Crippen molar-refractivity contribution in [3.63, 3.8) is 0 Å². The van der Waals surface area contributed by atoms with Crippen LogP contribution >= 0.6 is 35.1 Å². The minimum Gasteiger partial charge on any atom is -0.340 e. The van der Waals surface area contributed by atoms with Gasteiger partial charge in [0.25, 0.3) is 0 Å². The highest BCUT2D eigenvalue weighted by molar-refractivity contribution is 7.95. The van der Waals surface area contributed by atoms with E-state index in [0.29, 0.717) is 31.9 Å². The first-order valence-corrected chi connectivity index (χ1v) is 10.3. The summed E-state index contributed by atoms with van der Waals surface area (Å²) < 4.78 is 68.7. The number of nitrogens with one attached hydrogen (secondary N) is 2. The molecule has 6 nitrogen and oxygen atoms in total. The maximum Gasteiger partial charge on any atom is 0.242 e. The second kappa shape index (κ2) is 8.45. The zero-order valence-corrected chi connectivity index (χ0v) is 17.3. The Hall–Kier alpha value is -1.91. The lowest BCUT2D eigenvalue weighted by Gasteiger charge is -2.35. The third kappa shape index (κ3) is 4.49. The van der Waals surface area contributed by atoms with Crippen LogP contribution in [0, 0.1) is 5.82 Å². The van der Waals surface area contributed by atoms with Gasteiger partial charge in [-0.1, -0.05) is 11.6 Å². The largest absolute Gasteiger partial charge is 0.340 e. The Kier molecular flexibility index (Phi) is 4.12. The third-order valence-electron chi connectivity index (χ3n) is 3.99. The van der Waals surface area contributed by atoms with Gasteiger partial charge in [0.1, 0.15) is 11.8 Å². The molecule has 4 rings (SSSR count). The van der Waals surface area contributed by atoms with Gasteiger partial charge in [-0.2, -0.15) is 0 Å². The first-order chi connectivity index (χ1) is 16.3. The molecule has 3 atom stereocenters. The predicted octanol–water partition coefficient (Wildman–Crippen LogP) is 4.48. The zero-order chi connectivity index (χ0) is 25.8. The van der Waals surface area contributed by atoms with Crippen molar-refractivity contribution in [3.8, 4) is 10.6 Å². The Labute approximate surface area is 189 Å². The van der Waals surface area contributed by atoms with Gasteiger partial charge in [0, 0.05) is 41.4 Å². The first-order valence-electron chi connectivity index (χ1n) is 11.4.